The predicted octanol–water partition coefficient (Wildman–Crippen LogP) is 1.89. The summed E-state index contributed by atoms with van der Waals surface area (Å²) in [6.07, 6.45) is 1.26. The van der Waals surface area contributed by atoms with Gasteiger partial charge < -0.3 is 4.74 Å². The molecule has 0 atom stereocenters. The number of carbonyl (C=O) groups is 2. The first-order chi connectivity index (χ1) is 8.08. The summed E-state index contributed by atoms with van der Waals surface area (Å²) in [6, 6.07) is 5.72. The Morgan fingerprint density at radius 3 is 2.35 bits per heavy atom. The van der Waals surface area contributed by atoms with Gasteiger partial charge in [-0.15, -0.1) is 0 Å². The minimum atomic E-state index is -0.927. The van der Waals surface area contributed by atoms with Crippen LogP contribution in [0.25, 0.3) is 0 Å². The molecule has 0 N–H and O–H groups in total. The van der Waals surface area contributed by atoms with Gasteiger partial charge in [0, 0.05) is 6.42 Å². The molecule has 0 unspecified atom stereocenters. The maximum absolute atomic E-state index is 12.7. The van der Waals surface area contributed by atoms with Crippen LogP contribution in [0.3, 0.4) is 0 Å². The van der Waals surface area contributed by atoms with Crippen LogP contribution in [-0.2, 0) is 20.7 Å². The Balaban J connectivity index is 2.07. The Labute approximate surface area is 98.6 Å². The lowest BCUT2D eigenvalue weighted by molar-refractivity contribution is -0.151. The van der Waals surface area contributed by atoms with Gasteiger partial charge in [0.25, 0.3) is 0 Å². The van der Waals surface area contributed by atoms with E-state index >= 15 is 0 Å². The number of methoxy groups -OCH3 is 1. The van der Waals surface area contributed by atoms with Crippen LogP contribution < -0.4 is 0 Å². The third kappa shape index (κ3) is 2.20. The van der Waals surface area contributed by atoms with Crippen LogP contribution in [0.1, 0.15) is 18.4 Å². The average molecular weight is 236 g/mol. The maximum atomic E-state index is 12.7. The highest BCUT2D eigenvalue weighted by atomic mass is 19.1. The standard InChI is InChI=1S/C13H13FO3/c1-17-12(16)13(6-7-13)11(15)8-9-2-4-10(14)5-3-9/h2-5H,6-8H2,1H3. The number of ketones is 1. The van der Waals surface area contributed by atoms with Crippen molar-refractivity contribution in [2.45, 2.75) is 19.3 Å². The van der Waals surface area contributed by atoms with Crippen molar-refractivity contribution in [3.63, 3.8) is 0 Å². The van der Waals surface area contributed by atoms with E-state index in [1.165, 1.54) is 19.2 Å². The van der Waals surface area contributed by atoms with Crippen molar-refractivity contribution >= 4 is 11.8 Å². The lowest BCUT2D eigenvalue weighted by Crippen LogP contribution is -2.28. The third-order valence-corrected chi connectivity index (χ3v) is 3.14. The Morgan fingerprint density at radius 1 is 1.29 bits per heavy atom. The quantitative estimate of drug-likeness (QED) is 0.592. The molecule has 2 rings (SSSR count). The number of rotatable bonds is 4. The molecule has 4 heteroatoms. The summed E-state index contributed by atoms with van der Waals surface area (Å²) in [5.41, 5.74) is -0.213. The molecule has 0 aromatic heterocycles. The summed E-state index contributed by atoms with van der Waals surface area (Å²) in [4.78, 5) is 23.5. The molecule has 3 nitrogen and oxygen atoms in total. The summed E-state index contributed by atoms with van der Waals surface area (Å²) < 4.78 is 17.3. The number of Topliss-reactive ketones (excluding diaryl/α,β-unsaturated/α-hetero) is 1. The van der Waals surface area contributed by atoms with Crippen molar-refractivity contribution in [1.82, 2.24) is 0 Å². The zero-order valence-corrected chi connectivity index (χ0v) is 9.53. The number of esters is 1. The van der Waals surface area contributed by atoms with Crippen LogP contribution >= 0.6 is 0 Å². The molecule has 0 saturated heterocycles. The van der Waals surface area contributed by atoms with E-state index < -0.39 is 11.4 Å². The summed E-state index contributed by atoms with van der Waals surface area (Å²) in [5.74, 6) is -0.934. The van der Waals surface area contributed by atoms with E-state index in [1.54, 1.807) is 12.1 Å². The average Bonchev–Trinajstić information content (AvgIpc) is 3.12. The van der Waals surface area contributed by atoms with E-state index in [9.17, 15) is 14.0 Å². The van der Waals surface area contributed by atoms with Crippen molar-refractivity contribution in [3.8, 4) is 0 Å². The van der Waals surface area contributed by atoms with E-state index in [0.29, 0.717) is 18.4 Å². The van der Waals surface area contributed by atoms with Gasteiger partial charge >= 0.3 is 5.97 Å². The Kier molecular flexibility index (Phi) is 2.96. The minimum absolute atomic E-state index is 0.143. The third-order valence-electron chi connectivity index (χ3n) is 3.14. The van der Waals surface area contributed by atoms with Gasteiger partial charge in [-0.3, -0.25) is 9.59 Å². The Bertz CT molecular complexity index is 446. The van der Waals surface area contributed by atoms with Crippen LogP contribution in [0.2, 0.25) is 0 Å². The number of ether oxygens (including phenoxy) is 1. The van der Waals surface area contributed by atoms with Crippen LogP contribution in [0.15, 0.2) is 24.3 Å². The normalized spacial score (nSPS) is 16.4. The zero-order chi connectivity index (χ0) is 12.5. The molecular formula is C13H13FO3. The van der Waals surface area contributed by atoms with Crippen molar-refractivity contribution < 1.29 is 18.7 Å². The zero-order valence-electron chi connectivity index (χ0n) is 9.53. The first kappa shape index (κ1) is 11.8. The molecule has 0 spiro atoms. The first-order valence-electron chi connectivity index (χ1n) is 5.45. The number of halogens is 1. The fraction of sp³-hybridized carbons (Fsp3) is 0.385. The monoisotopic (exact) mass is 236 g/mol. The van der Waals surface area contributed by atoms with Crippen molar-refractivity contribution in [1.29, 1.82) is 0 Å². The number of benzene rings is 1. The van der Waals surface area contributed by atoms with Crippen molar-refractivity contribution in [3.05, 3.63) is 35.6 Å². The molecule has 1 aliphatic rings. The largest absolute Gasteiger partial charge is 0.468 e. The smallest absolute Gasteiger partial charge is 0.319 e. The predicted molar refractivity (Wildman–Crippen MR) is 58.8 cm³/mol. The lowest BCUT2D eigenvalue weighted by atomic mass is 9.95. The second-order valence-corrected chi connectivity index (χ2v) is 4.30. The molecule has 1 aromatic rings. The molecule has 0 bridgehead atoms. The van der Waals surface area contributed by atoms with E-state index in [4.69, 9.17) is 0 Å². The van der Waals surface area contributed by atoms with Crippen LogP contribution in [0.5, 0.6) is 0 Å². The molecule has 0 aliphatic heterocycles. The van der Waals surface area contributed by atoms with Gasteiger partial charge in [0.15, 0.2) is 5.78 Å². The molecule has 0 heterocycles. The van der Waals surface area contributed by atoms with E-state index in [-0.39, 0.29) is 18.0 Å². The molecule has 1 aliphatic carbocycles. The molecule has 17 heavy (non-hydrogen) atoms. The second kappa shape index (κ2) is 4.28. The molecule has 1 fully saturated rings. The van der Waals surface area contributed by atoms with Gasteiger partial charge in [-0.2, -0.15) is 0 Å². The summed E-state index contributed by atoms with van der Waals surface area (Å²) in [5, 5.41) is 0. The summed E-state index contributed by atoms with van der Waals surface area (Å²) in [7, 11) is 1.29. The van der Waals surface area contributed by atoms with Gasteiger partial charge in [0.05, 0.1) is 7.11 Å². The number of hydrogen-bond donors (Lipinski definition) is 0. The Morgan fingerprint density at radius 2 is 1.88 bits per heavy atom. The SMILES string of the molecule is COC(=O)C1(C(=O)Cc2ccc(F)cc2)CC1. The molecule has 90 valence electrons. The van der Waals surface area contributed by atoms with Gasteiger partial charge in [-0.1, -0.05) is 12.1 Å². The molecule has 1 aromatic carbocycles. The van der Waals surface area contributed by atoms with Gasteiger partial charge in [0.1, 0.15) is 11.2 Å². The van der Waals surface area contributed by atoms with E-state index in [1.807, 2.05) is 0 Å². The topological polar surface area (TPSA) is 43.4 Å². The summed E-state index contributed by atoms with van der Waals surface area (Å²) in [6.45, 7) is 0. The van der Waals surface area contributed by atoms with Crippen LogP contribution in [0, 0.1) is 11.2 Å². The molecule has 0 radical (unpaired) electrons. The highest BCUT2D eigenvalue weighted by Gasteiger charge is 2.56. The molecule has 1 saturated carbocycles. The van der Waals surface area contributed by atoms with Crippen LogP contribution in [0.4, 0.5) is 4.39 Å². The highest BCUT2D eigenvalue weighted by Crippen LogP contribution is 2.48. The van der Waals surface area contributed by atoms with Crippen molar-refractivity contribution in [2.75, 3.05) is 7.11 Å². The highest BCUT2D eigenvalue weighted by molar-refractivity contribution is 6.07. The molecular weight excluding hydrogens is 223 g/mol. The number of hydrogen-bond acceptors (Lipinski definition) is 3. The summed E-state index contributed by atoms with van der Waals surface area (Å²) >= 11 is 0. The lowest BCUT2D eigenvalue weighted by Gasteiger charge is -2.11. The minimum Gasteiger partial charge on any atom is -0.468 e. The number of carbonyl (C=O) groups excluding carboxylic acids is 2. The van der Waals surface area contributed by atoms with Gasteiger partial charge in [0.2, 0.25) is 0 Å². The van der Waals surface area contributed by atoms with Crippen molar-refractivity contribution in [2.24, 2.45) is 5.41 Å². The fourth-order valence-electron chi connectivity index (χ4n) is 1.87. The Hall–Kier alpha value is -1.71. The first-order valence-corrected chi connectivity index (χ1v) is 5.45. The maximum Gasteiger partial charge on any atom is 0.319 e. The van der Waals surface area contributed by atoms with Crippen LogP contribution in [-0.4, -0.2) is 18.9 Å². The second-order valence-electron chi connectivity index (χ2n) is 4.30. The van der Waals surface area contributed by atoms with E-state index in [0.717, 1.165) is 0 Å². The van der Waals surface area contributed by atoms with Gasteiger partial charge in [-0.25, -0.2) is 4.39 Å². The molecule has 0 amide bonds. The fourth-order valence-corrected chi connectivity index (χ4v) is 1.87. The van der Waals surface area contributed by atoms with E-state index in [2.05, 4.69) is 4.74 Å². The van der Waals surface area contributed by atoms with Gasteiger partial charge in [-0.05, 0) is 30.5 Å².